The number of nitrogens with one attached hydrogen (secondary N) is 2. The summed E-state index contributed by atoms with van der Waals surface area (Å²) in [6.07, 6.45) is 5.36. The van der Waals surface area contributed by atoms with E-state index in [-0.39, 0.29) is 40.9 Å². The molecule has 2 heterocycles. The zero-order valence-electron chi connectivity index (χ0n) is 24.0. The molecule has 5 rings (SSSR count). The smallest absolute Gasteiger partial charge is 0.253 e. The highest BCUT2D eigenvalue weighted by Crippen LogP contribution is 2.47. The number of halogens is 1. The molecule has 3 N–H and O–H groups in total. The van der Waals surface area contributed by atoms with E-state index in [1.807, 2.05) is 51.1 Å². The Morgan fingerprint density at radius 3 is 2.56 bits per heavy atom. The highest BCUT2D eigenvalue weighted by molar-refractivity contribution is 5.94. The first-order valence-electron chi connectivity index (χ1n) is 14.5. The Balaban J connectivity index is 1.35. The lowest BCUT2D eigenvalue weighted by Crippen LogP contribution is -2.46. The summed E-state index contributed by atoms with van der Waals surface area (Å²) in [5.74, 6) is -0.0296. The molecule has 41 heavy (non-hydrogen) atoms. The van der Waals surface area contributed by atoms with Crippen molar-refractivity contribution >= 4 is 5.91 Å². The third-order valence-electron chi connectivity index (χ3n) is 8.06. The molecule has 0 radical (unpaired) electrons. The minimum atomic E-state index is -0.985. The van der Waals surface area contributed by atoms with Gasteiger partial charge in [-0.05, 0) is 60.9 Å². The van der Waals surface area contributed by atoms with Gasteiger partial charge in [-0.1, -0.05) is 51.1 Å². The number of fused-ring (bicyclic) bond motifs is 1. The number of amides is 1. The van der Waals surface area contributed by atoms with Crippen molar-refractivity contribution in [2.24, 2.45) is 5.41 Å². The Morgan fingerprint density at radius 1 is 1.12 bits per heavy atom. The molecular weight excluding hydrogens is 521 g/mol. The van der Waals surface area contributed by atoms with Crippen LogP contribution in [0.3, 0.4) is 0 Å². The second-order valence-corrected chi connectivity index (χ2v) is 12.7. The number of carbonyl (C=O) groups is 1. The minimum absolute atomic E-state index is 0.143. The Labute approximate surface area is 240 Å². The lowest BCUT2D eigenvalue weighted by atomic mass is 9.85. The Hall–Kier alpha value is -3.49. The first-order chi connectivity index (χ1) is 19.5. The van der Waals surface area contributed by atoms with Gasteiger partial charge in [0.05, 0.1) is 17.7 Å². The maximum absolute atomic E-state index is 14.2. The normalized spacial score (nSPS) is 19.3. The summed E-state index contributed by atoms with van der Waals surface area (Å²) >= 11 is 0. The molecule has 218 valence electrons. The van der Waals surface area contributed by atoms with Gasteiger partial charge in [0.15, 0.2) is 0 Å². The van der Waals surface area contributed by atoms with E-state index < -0.39 is 12.1 Å². The van der Waals surface area contributed by atoms with Crippen LogP contribution < -0.4 is 20.9 Å². The number of carbonyl (C=O) groups excluding carboxylic acids is 1. The average molecular weight is 562 g/mol. The number of hydrogen-bond donors (Lipinski definition) is 3. The highest BCUT2D eigenvalue weighted by atomic mass is 19.1. The fourth-order valence-electron chi connectivity index (χ4n) is 6.12. The van der Waals surface area contributed by atoms with Crippen molar-refractivity contribution in [1.82, 2.24) is 15.2 Å². The van der Waals surface area contributed by atoms with Gasteiger partial charge in [0, 0.05) is 43.4 Å². The molecule has 1 amide bonds. The Morgan fingerprint density at radius 2 is 1.85 bits per heavy atom. The van der Waals surface area contributed by atoms with E-state index >= 15 is 0 Å². The van der Waals surface area contributed by atoms with Gasteiger partial charge in [-0.15, -0.1) is 0 Å². The Kier molecular flexibility index (Phi) is 8.34. The topological polar surface area (TPSA) is 92.6 Å². The Bertz CT molecular complexity index is 1430. The van der Waals surface area contributed by atoms with Gasteiger partial charge < -0.3 is 25.0 Å². The van der Waals surface area contributed by atoms with Crippen LogP contribution in [0.5, 0.6) is 5.75 Å². The zero-order chi connectivity index (χ0) is 29.2. The van der Waals surface area contributed by atoms with Crippen LogP contribution in [0.4, 0.5) is 4.39 Å². The number of aromatic nitrogens is 1. The van der Waals surface area contributed by atoms with Crippen molar-refractivity contribution < 1.29 is 19.0 Å². The molecule has 0 bridgehead atoms. The van der Waals surface area contributed by atoms with E-state index in [1.165, 1.54) is 24.3 Å². The second-order valence-electron chi connectivity index (χ2n) is 12.7. The van der Waals surface area contributed by atoms with Crippen LogP contribution in [0.25, 0.3) is 0 Å². The minimum Gasteiger partial charge on any atom is -0.487 e. The summed E-state index contributed by atoms with van der Waals surface area (Å²) in [5, 5.41) is 17.9. The van der Waals surface area contributed by atoms with Gasteiger partial charge in [-0.3, -0.25) is 9.59 Å². The van der Waals surface area contributed by atoms with Crippen molar-refractivity contribution in [1.29, 1.82) is 0 Å². The number of rotatable bonds is 8. The van der Waals surface area contributed by atoms with E-state index in [2.05, 4.69) is 10.6 Å². The lowest BCUT2D eigenvalue weighted by Gasteiger charge is -2.41. The molecule has 2 aromatic carbocycles. The van der Waals surface area contributed by atoms with Gasteiger partial charge >= 0.3 is 0 Å². The molecule has 1 aromatic heterocycles. The monoisotopic (exact) mass is 561 g/mol. The molecule has 1 aliphatic heterocycles. The lowest BCUT2D eigenvalue weighted by molar-refractivity contribution is 0.0324. The van der Waals surface area contributed by atoms with Crippen molar-refractivity contribution in [3.05, 3.63) is 99.7 Å². The second kappa shape index (κ2) is 11.8. The van der Waals surface area contributed by atoms with Gasteiger partial charge in [-0.2, -0.15) is 0 Å². The number of pyridine rings is 1. The van der Waals surface area contributed by atoms with Crippen LogP contribution in [-0.4, -0.2) is 33.8 Å². The first-order valence-corrected chi connectivity index (χ1v) is 14.5. The first kappa shape index (κ1) is 29.0. The number of aliphatic hydroxyl groups is 1. The average Bonchev–Trinajstić information content (AvgIpc) is 3.38. The van der Waals surface area contributed by atoms with Crippen molar-refractivity contribution in [2.45, 2.75) is 83.2 Å². The maximum atomic E-state index is 14.2. The van der Waals surface area contributed by atoms with Gasteiger partial charge in [-0.25, -0.2) is 4.39 Å². The summed E-state index contributed by atoms with van der Waals surface area (Å²) in [6, 6.07) is 15.9. The number of hydrogen-bond acceptors (Lipinski definition) is 5. The van der Waals surface area contributed by atoms with E-state index in [0.717, 1.165) is 36.8 Å². The van der Waals surface area contributed by atoms with Crippen LogP contribution >= 0.6 is 0 Å². The largest absolute Gasteiger partial charge is 0.487 e. The van der Waals surface area contributed by atoms with Gasteiger partial charge in [0.25, 0.3) is 11.5 Å². The van der Waals surface area contributed by atoms with E-state index in [4.69, 9.17) is 4.74 Å². The van der Waals surface area contributed by atoms with Crippen molar-refractivity contribution in [3.8, 4) is 5.75 Å². The number of aliphatic hydroxyl groups excluding tert-OH is 1. The molecule has 1 aliphatic carbocycles. The molecule has 1 spiro atoms. The number of nitrogens with zero attached hydrogens (tertiary/aromatic N) is 1. The quantitative estimate of drug-likeness (QED) is 0.348. The number of benzene rings is 2. The van der Waals surface area contributed by atoms with E-state index in [0.29, 0.717) is 24.3 Å². The summed E-state index contributed by atoms with van der Waals surface area (Å²) in [6.45, 7) is 6.72. The molecular formula is C33H40FN3O4. The molecule has 8 heteroatoms. The summed E-state index contributed by atoms with van der Waals surface area (Å²) in [4.78, 5) is 25.8. The van der Waals surface area contributed by atoms with E-state index in [9.17, 15) is 19.1 Å². The maximum Gasteiger partial charge on any atom is 0.253 e. The standard InChI is InChI=1S/C33H40FN3O4/c1-32(2,3)21-37-20-23(11-14-29(37)39)31(40)36-30(22-9-5-4-6-10-22)27(38)19-35-26-18-33(15-7-8-16-33)41-28-13-12-24(34)17-25(26)28/h4-6,9-14,17,20,26-27,30,35,38H,7-8,15-16,18-19,21H2,1-3H3,(H,36,40)/t26-,27+,30-/m0/s1. The summed E-state index contributed by atoms with van der Waals surface area (Å²) in [5.41, 5.74) is 1.24. The molecule has 3 atom stereocenters. The summed E-state index contributed by atoms with van der Waals surface area (Å²) in [7, 11) is 0. The predicted molar refractivity (Wildman–Crippen MR) is 156 cm³/mol. The van der Waals surface area contributed by atoms with Gasteiger partial charge in [0.1, 0.15) is 17.2 Å². The molecule has 3 aromatic rings. The third kappa shape index (κ3) is 6.88. The zero-order valence-corrected chi connectivity index (χ0v) is 24.0. The van der Waals surface area contributed by atoms with Crippen LogP contribution in [0.2, 0.25) is 0 Å². The fraction of sp³-hybridized carbons (Fsp3) is 0.455. The van der Waals surface area contributed by atoms with Crippen LogP contribution in [-0.2, 0) is 6.54 Å². The third-order valence-corrected chi connectivity index (χ3v) is 8.06. The highest BCUT2D eigenvalue weighted by Gasteiger charge is 2.43. The van der Waals surface area contributed by atoms with Crippen LogP contribution in [0.1, 0.15) is 86.4 Å². The van der Waals surface area contributed by atoms with Crippen LogP contribution in [0.15, 0.2) is 71.7 Å². The molecule has 1 saturated carbocycles. The SMILES string of the molecule is CC(C)(C)Cn1cc(C(=O)N[C@@H](c2ccccc2)[C@H](O)CN[C@H]2CC3(CCCC3)Oc3ccc(F)cc32)ccc1=O. The molecule has 2 aliphatic rings. The van der Waals surface area contributed by atoms with E-state index in [1.54, 1.807) is 16.8 Å². The van der Waals surface area contributed by atoms with Gasteiger partial charge in [0.2, 0.25) is 0 Å². The molecule has 1 fully saturated rings. The van der Waals surface area contributed by atoms with Crippen molar-refractivity contribution in [2.75, 3.05) is 6.54 Å². The molecule has 0 saturated heterocycles. The van der Waals surface area contributed by atoms with Crippen molar-refractivity contribution in [3.63, 3.8) is 0 Å². The fourth-order valence-corrected chi connectivity index (χ4v) is 6.12. The molecule has 7 nitrogen and oxygen atoms in total. The number of ether oxygens (including phenoxy) is 1. The predicted octanol–water partition coefficient (Wildman–Crippen LogP) is 5.29. The molecule has 0 unspecified atom stereocenters. The van der Waals surface area contributed by atoms with Crippen LogP contribution in [0, 0.1) is 11.2 Å². The summed E-state index contributed by atoms with van der Waals surface area (Å²) < 4.78 is 22.2.